The lowest BCUT2D eigenvalue weighted by Crippen LogP contribution is -2.43. The van der Waals surface area contributed by atoms with Crippen molar-refractivity contribution in [2.75, 3.05) is 25.0 Å². The van der Waals surface area contributed by atoms with Gasteiger partial charge in [-0.1, -0.05) is 112 Å². The molecule has 0 aliphatic carbocycles. The Kier molecular flexibility index (Phi) is 13.9. The number of amides is 1. The van der Waals surface area contributed by atoms with Crippen molar-refractivity contribution in [3.05, 3.63) is 160 Å². The van der Waals surface area contributed by atoms with Gasteiger partial charge in [0.2, 0.25) is 5.56 Å². The number of carbonyl (C=O) groups is 1. The van der Waals surface area contributed by atoms with E-state index >= 15 is 0 Å². The summed E-state index contributed by atoms with van der Waals surface area (Å²) in [6.07, 6.45) is 1.05. The highest BCUT2D eigenvalue weighted by Crippen LogP contribution is 2.41. The Morgan fingerprint density at radius 1 is 0.793 bits per heavy atom. The quantitative estimate of drug-likeness (QED) is 0.0504. The van der Waals surface area contributed by atoms with Crippen molar-refractivity contribution in [1.29, 1.82) is 0 Å². The zero-order valence-electron chi connectivity index (χ0n) is 34.1. The lowest BCUT2D eigenvalue weighted by molar-refractivity contribution is 0.182. The molecule has 0 spiro atoms. The van der Waals surface area contributed by atoms with Crippen molar-refractivity contribution in [1.82, 2.24) is 10.3 Å². The minimum Gasteiger partial charge on any atom is -0.494 e. The van der Waals surface area contributed by atoms with Crippen molar-refractivity contribution in [3.8, 4) is 22.6 Å². The number of hydrogen-bond acceptors (Lipinski definition) is 6. The number of H-pyrrole nitrogens is 1. The van der Waals surface area contributed by atoms with Crippen LogP contribution in [0.2, 0.25) is 18.1 Å². The van der Waals surface area contributed by atoms with E-state index in [2.05, 4.69) is 67.7 Å². The molecular formula is C48H55N3O6Si. The first-order valence-corrected chi connectivity index (χ1v) is 22.9. The van der Waals surface area contributed by atoms with E-state index in [4.69, 9.17) is 13.9 Å². The van der Waals surface area contributed by atoms with Gasteiger partial charge >= 0.3 is 6.09 Å². The van der Waals surface area contributed by atoms with E-state index in [1.54, 1.807) is 6.07 Å². The second kappa shape index (κ2) is 19.2. The molecule has 0 bridgehead atoms. The summed E-state index contributed by atoms with van der Waals surface area (Å²) in [5.41, 5.74) is 7.18. The Balaban J connectivity index is 1.05. The summed E-state index contributed by atoms with van der Waals surface area (Å²) in [5, 5.41) is 16.6. The van der Waals surface area contributed by atoms with Crippen LogP contribution in [0, 0.1) is 0 Å². The summed E-state index contributed by atoms with van der Waals surface area (Å²) in [4.78, 5) is 27.1. The average molecular weight is 798 g/mol. The number of carboxylic acid groups (broad SMARTS) is 1. The number of pyridine rings is 1. The van der Waals surface area contributed by atoms with Gasteiger partial charge in [-0.05, 0) is 102 Å². The molecule has 1 aromatic heterocycles. The Morgan fingerprint density at radius 2 is 1.50 bits per heavy atom. The van der Waals surface area contributed by atoms with E-state index in [1.165, 1.54) is 5.56 Å². The Morgan fingerprint density at radius 3 is 2.21 bits per heavy atom. The number of ether oxygens (including phenoxy) is 2. The molecule has 58 heavy (non-hydrogen) atoms. The molecule has 9 nitrogen and oxygen atoms in total. The lowest BCUT2D eigenvalue weighted by Gasteiger charge is -2.39. The molecule has 0 aliphatic heterocycles. The van der Waals surface area contributed by atoms with Crippen LogP contribution in [0.25, 0.3) is 22.0 Å². The van der Waals surface area contributed by atoms with Gasteiger partial charge in [0.1, 0.15) is 18.1 Å². The maximum absolute atomic E-state index is 12.5. The first-order valence-electron chi connectivity index (χ1n) is 20.0. The van der Waals surface area contributed by atoms with E-state index in [0.717, 1.165) is 64.8 Å². The molecule has 4 N–H and O–H groups in total. The van der Waals surface area contributed by atoms with Crippen molar-refractivity contribution in [2.45, 2.75) is 70.9 Å². The van der Waals surface area contributed by atoms with Crippen LogP contribution < -0.4 is 25.7 Å². The summed E-state index contributed by atoms with van der Waals surface area (Å²) >= 11 is 0. The third kappa shape index (κ3) is 11.2. The van der Waals surface area contributed by atoms with Crippen LogP contribution >= 0.6 is 0 Å². The van der Waals surface area contributed by atoms with Crippen molar-refractivity contribution in [3.63, 3.8) is 0 Å². The molecule has 0 fully saturated rings. The summed E-state index contributed by atoms with van der Waals surface area (Å²) in [5.74, 6) is 1.44. The molecule has 0 radical (unpaired) electrons. The molecule has 1 atom stereocenters. The van der Waals surface area contributed by atoms with Crippen LogP contribution in [0.15, 0.2) is 132 Å². The smallest absolute Gasteiger partial charge is 0.409 e. The fraction of sp³-hybridized carbons (Fsp3) is 0.292. The molecule has 0 aliphatic rings. The number of aromatic nitrogens is 1. The summed E-state index contributed by atoms with van der Waals surface area (Å²) in [6.45, 7) is 13.6. The standard InChI is InChI=1S/C48H55N3O6Si/c1-48(2,3)58(4,5)57-44(40-24-26-43(46-41(40)25-27-45(52)51-46)56-33-36-13-8-6-9-14-36)32-49-29-28-34-18-21-38(22-19-34)55-30-12-15-35-20-23-39(37-16-10-7-11-17-37)42(31-35)50-47(53)54/h6-11,13-14,16-27,31,44,49-50H,12,15,28-30,32-33H2,1-5H3,(H,51,52)(H,53,54). The highest BCUT2D eigenvalue weighted by Gasteiger charge is 2.39. The van der Waals surface area contributed by atoms with Gasteiger partial charge in [0.25, 0.3) is 0 Å². The van der Waals surface area contributed by atoms with Crippen LogP contribution in [0.5, 0.6) is 11.5 Å². The second-order valence-electron chi connectivity index (χ2n) is 16.1. The van der Waals surface area contributed by atoms with Gasteiger partial charge in [0.15, 0.2) is 8.32 Å². The molecule has 1 heterocycles. The van der Waals surface area contributed by atoms with E-state index in [1.807, 2.05) is 103 Å². The fourth-order valence-electron chi connectivity index (χ4n) is 6.65. The van der Waals surface area contributed by atoms with Crippen LogP contribution in [0.4, 0.5) is 10.5 Å². The fourth-order valence-corrected chi connectivity index (χ4v) is 7.93. The van der Waals surface area contributed by atoms with Crippen LogP contribution in [0.3, 0.4) is 0 Å². The van der Waals surface area contributed by atoms with Gasteiger partial charge in [-0.3, -0.25) is 10.1 Å². The number of rotatable bonds is 18. The summed E-state index contributed by atoms with van der Waals surface area (Å²) in [6, 6.07) is 41.4. The monoisotopic (exact) mass is 797 g/mol. The number of benzene rings is 5. The van der Waals surface area contributed by atoms with E-state index in [-0.39, 0.29) is 16.7 Å². The Bertz CT molecular complexity index is 2320. The van der Waals surface area contributed by atoms with Gasteiger partial charge in [-0.2, -0.15) is 0 Å². The molecule has 10 heteroatoms. The molecule has 0 saturated carbocycles. The van der Waals surface area contributed by atoms with E-state index in [9.17, 15) is 14.7 Å². The number of fused-ring (bicyclic) bond motifs is 1. The van der Waals surface area contributed by atoms with Crippen LogP contribution in [0.1, 0.15) is 55.5 Å². The van der Waals surface area contributed by atoms with Gasteiger partial charge in [-0.25, -0.2) is 4.79 Å². The Hall–Kier alpha value is -5.68. The number of anilines is 1. The minimum atomic E-state index is -2.19. The first kappa shape index (κ1) is 41.9. The highest BCUT2D eigenvalue weighted by atomic mass is 28.4. The highest BCUT2D eigenvalue weighted by molar-refractivity contribution is 6.74. The molecular weight excluding hydrogens is 743 g/mol. The van der Waals surface area contributed by atoms with Crippen LogP contribution in [-0.2, 0) is 23.9 Å². The number of aromatic amines is 1. The largest absolute Gasteiger partial charge is 0.494 e. The van der Waals surface area contributed by atoms with Crippen molar-refractivity contribution < 1.29 is 23.8 Å². The Labute approximate surface area is 342 Å². The second-order valence-corrected chi connectivity index (χ2v) is 20.9. The summed E-state index contributed by atoms with van der Waals surface area (Å²) < 4.78 is 19.4. The number of hydrogen-bond donors (Lipinski definition) is 4. The molecule has 6 aromatic rings. The zero-order valence-corrected chi connectivity index (χ0v) is 35.1. The molecule has 302 valence electrons. The average Bonchev–Trinajstić information content (AvgIpc) is 3.20. The maximum Gasteiger partial charge on any atom is 0.409 e. The predicted octanol–water partition coefficient (Wildman–Crippen LogP) is 10.8. The van der Waals surface area contributed by atoms with Gasteiger partial charge in [0.05, 0.1) is 23.9 Å². The van der Waals surface area contributed by atoms with Crippen molar-refractivity contribution >= 4 is 31.0 Å². The lowest BCUT2D eigenvalue weighted by atomic mass is 10.00. The normalized spacial score (nSPS) is 12.3. The number of aryl methyl sites for hydroxylation is 1. The molecule has 6 rings (SSSR count). The molecule has 5 aromatic carbocycles. The third-order valence-electron chi connectivity index (χ3n) is 10.9. The molecule has 1 amide bonds. The third-order valence-corrected chi connectivity index (χ3v) is 15.3. The SMILES string of the molecule is CC(C)(C)[Si](C)(C)OC(CNCCc1ccc(OCCCc2ccc(-c3ccccc3)c(NC(=O)O)c2)cc1)c1ccc(OCc2ccccc2)c2[nH]c(=O)ccc12. The van der Waals surface area contributed by atoms with Crippen LogP contribution in [-0.4, -0.2) is 44.2 Å². The number of nitrogens with one attached hydrogen (secondary N) is 3. The molecule has 1 unspecified atom stereocenters. The predicted molar refractivity (Wildman–Crippen MR) is 237 cm³/mol. The van der Waals surface area contributed by atoms with Crippen molar-refractivity contribution in [2.24, 2.45) is 0 Å². The topological polar surface area (TPSA) is 122 Å². The molecule has 0 saturated heterocycles. The summed E-state index contributed by atoms with van der Waals surface area (Å²) in [7, 11) is -2.19. The van der Waals surface area contributed by atoms with E-state index < -0.39 is 14.4 Å². The minimum absolute atomic E-state index is 0.00895. The van der Waals surface area contributed by atoms with Gasteiger partial charge < -0.3 is 29.3 Å². The van der Waals surface area contributed by atoms with Gasteiger partial charge in [0, 0.05) is 23.6 Å². The zero-order chi connectivity index (χ0) is 41.1. The van der Waals surface area contributed by atoms with Gasteiger partial charge in [-0.15, -0.1) is 0 Å². The maximum atomic E-state index is 12.5. The first-order chi connectivity index (χ1) is 27.9. The van der Waals surface area contributed by atoms with E-state index in [0.29, 0.717) is 36.7 Å².